The lowest BCUT2D eigenvalue weighted by Crippen LogP contribution is -2.40. The zero-order valence-electron chi connectivity index (χ0n) is 11.5. The first-order valence-electron chi connectivity index (χ1n) is 6.60. The highest BCUT2D eigenvalue weighted by Gasteiger charge is 2.31. The minimum Gasteiger partial charge on any atom is -0.478 e. The number of nitrogens with zero attached hydrogens (tertiary/aromatic N) is 1. The maximum absolute atomic E-state index is 12.2. The highest BCUT2D eigenvalue weighted by molar-refractivity contribution is 7.89. The van der Waals surface area contributed by atoms with Gasteiger partial charge in [0, 0.05) is 6.04 Å². The fraction of sp³-hybridized carbons (Fsp3) is 0.667. The Hall–Kier alpha value is -1.41. The van der Waals surface area contributed by atoms with Gasteiger partial charge in [-0.3, -0.25) is 5.10 Å². The molecular formula is C12H19N3O4S. The Balaban J connectivity index is 2.15. The number of aromatic carboxylic acids is 1. The van der Waals surface area contributed by atoms with Gasteiger partial charge < -0.3 is 5.11 Å². The molecule has 3 unspecified atom stereocenters. The van der Waals surface area contributed by atoms with Gasteiger partial charge in [-0.15, -0.1) is 0 Å². The van der Waals surface area contributed by atoms with Gasteiger partial charge >= 0.3 is 5.97 Å². The predicted molar refractivity (Wildman–Crippen MR) is 71.8 cm³/mol. The smallest absolute Gasteiger partial charge is 0.340 e. The molecule has 1 saturated carbocycles. The maximum Gasteiger partial charge on any atom is 0.340 e. The number of nitrogens with one attached hydrogen (secondary N) is 2. The van der Waals surface area contributed by atoms with E-state index >= 15 is 0 Å². The van der Waals surface area contributed by atoms with Crippen molar-refractivity contribution in [1.82, 2.24) is 14.9 Å². The van der Waals surface area contributed by atoms with Crippen molar-refractivity contribution in [2.24, 2.45) is 11.8 Å². The van der Waals surface area contributed by atoms with Gasteiger partial charge in [-0.1, -0.05) is 13.8 Å². The molecule has 1 aliphatic carbocycles. The molecule has 1 aromatic heterocycles. The van der Waals surface area contributed by atoms with Crippen molar-refractivity contribution < 1.29 is 18.3 Å². The van der Waals surface area contributed by atoms with Crippen molar-refractivity contribution in [2.75, 3.05) is 0 Å². The number of carboxylic acid groups (broad SMARTS) is 1. The van der Waals surface area contributed by atoms with Crippen molar-refractivity contribution in [3.05, 3.63) is 11.8 Å². The van der Waals surface area contributed by atoms with Crippen LogP contribution in [-0.4, -0.2) is 35.7 Å². The van der Waals surface area contributed by atoms with Crippen molar-refractivity contribution in [1.29, 1.82) is 0 Å². The molecule has 1 heterocycles. The number of carbonyl (C=O) groups is 1. The SMILES string of the molecule is CC1CCC(NS(=O)(=O)c2[nH]ncc2C(=O)O)CC1C. The lowest BCUT2D eigenvalue weighted by Gasteiger charge is -2.32. The number of hydrogen-bond acceptors (Lipinski definition) is 4. The van der Waals surface area contributed by atoms with Gasteiger partial charge in [0.1, 0.15) is 5.56 Å². The molecule has 1 fully saturated rings. The Morgan fingerprint density at radius 2 is 2.10 bits per heavy atom. The summed E-state index contributed by atoms with van der Waals surface area (Å²) in [6, 6.07) is -0.156. The molecule has 20 heavy (non-hydrogen) atoms. The number of sulfonamides is 1. The fourth-order valence-corrected chi connectivity index (χ4v) is 3.94. The fourth-order valence-electron chi connectivity index (χ4n) is 2.56. The van der Waals surface area contributed by atoms with E-state index in [1.165, 1.54) is 0 Å². The monoisotopic (exact) mass is 301 g/mol. The van der Waals surface area contributed by atoms with E-state index in [1.54, 1.807) is 0 Å². The van der Waals surface area contributed by atoms with Crippen molar-refractivity contribution in [2.45, 2.75) is 44.2 Å². The first-order valence-corrected chi connectivity index (χ1v) is 8.08. The Kier molecular flexibility index (Phi) is 4.14. The third-order valence-electron chi connectivity index (χ3n) is 4.02. The van der Waals surface area contributed by atoms with Gasteiger partial charge in [0.05, 0.1) is 6.20 Å². The lowest BCUT2D eigenvalue weighted by atomic mass is 9.79. The van der Waals surface area contributed by atoms with Crippen LogP contribution in [0.2, 0.25) is 0 Å². The van der Waals surface area contributed by atoms with Gasteiger partial charge in [0.15, 0.2) is 5.03 Å². The van der Waals surface area contributed by atoms with E-state index < -0.39 is 16.0 Å². The molecule has 0 radical (unpaired) electrons. The highest BCUT2D eigenvalue weighted by Crippen LogP contribution is 2.30. The summed E-state index contributed by atoms with van der Waals surface area (Å²) in [6.07, 6.45) is 3.49. The van der Waals surface area contributed by atoms with E-state index in [2.05, 4.69) is 28.8 Å². The van der Waals surface area contributed by atoms with Crippen LogP contribution in [0, 0.1) is 11.8 Å². The van der Waals surface area contributed by atoms with Crippen molar-refractivity contribution >= 4 is 16.0 Å². The summed E-state index contributed by atoms with van der Waals surface area (Å²) in [5.74, 6) is -0.292. The Morgan fingerprint density at radius 3 is 2.70 bits per heavy atom. The molecule has 0 bridgehead atoms. The summed E-state index contributed by atoms with van der Waals surface area (Å²) in [7, 11) is -3.88. The van der Waals surface area contributed by atoms with Crippen molar-refractivity contribution in [3.8, 4) is 0 Å². The van der Waals surface area contributed by atoms with Gasteiger partial charge in [-0.05, 0) is 31.1 Å². The molecule has 1 aliphatic rings. The summed E-state index contributed by atoms with van der Waals surface area (Å²) < 4.78 is 27.0. The number of aromatic amines is 1. The molecule has 8 heteroatoms. The average molecular weight is 301 g/mol. The Labute approximate surface area is 117 Å². The van der Waals surface area contributed by atoms with Crippen LogP contribution >= 0.6 is 0 Å². The summed E-state index contributed by atoms with van der Waals surface area (Å²) in [5.41, 5.74) is -0.338. The van der Waals surface area contributed by atoms with E-state index in [4.69, 9.17) is 5.11 Å². The highest BCUT2D eigenvalue weighted by atomic mass is 32.2. The van der Waals surface area contributed by atoms with Crippen LogP contribution in [-0.2, 0) is 10.0 Å². The second-order valence-electron chi connectivity index (χ2n) is 5.50. The third-order valence-corrected chi connectivity index (χ3v) is 5.52. The zero-order valence-corrected chi connectivity index (χ0v) is 12.3. The Bertz CT molecular complexity index is 596. The van der Waals surface area contributed by atoms with Crippen LogP contribution < -0.4 is 4.72 Å². The summed E-state index contributed by atoms with van der Waals surface area (Å²) in [4.78, 5) is 11.0. The number of aromatic nitrogens is 2. The molecule has 2 rings (SSSR count). The molecule has 0 spiro atoms. The van der Waals surface area contributed by atoms with Gasteiger partial charge in [0.2, 0.25) is 0 Å². The van der Waals surface area contributed by atoms with E-state index in [0.717, 1.165) is 25.5 Å². The molecule has 1 aromatic rings. The van der Waals surface area contributed by atoms with E-state index in [-0.39, 0.29) is 16.6 Å². The molecule has 0 amide bonds. The molecule has 0 aliphatic heterocycles. The van der Waals surface area contributed by atoms with E-state index in [0.29, 0.717) is 11.8 Å². The van der Waals surface area contributed by atoms with Crippen LogP contribution in [0.25, 0.3) is 0 Å². The first-order chi connectivity index (χ1) is 9.31. The van der Waals surface area contributed by atoms with Gasteiger partial charge in [0.25, 0.3) is 10.0 Å². The van der Waals surface area contributed by atoms with E-state index in [9.17, 15) is 13.2 Å². The number of H-pyrrole nitrogens is 1. The standard InChI is InChI=1S/C12H19N3O4S/c1-7-3-4-9(5-8(7)2)15-20(18,19)11-10(12(16)17)6-13-14-11/h6-9,15H,3-5H2,1-2H3,(H,13,14)(H,16,17). The molecule has 112 valence electrons. The van der Waals surface area contributed by atoms with Crippen LogP contribution in [0.5, 0.6) is 0 Å². The molecule has 7 nitrogen and oxygen atoms in total. The maximum atomic E-state index is 12.2. The lowest BCUT2D eigenvalue weighted by molar-refractivity contribution is 0.0692. The zero-order chi connectivity index (χ0) is 14.9. The molecule has 3 N–H and O–H groups in total. The third kappa shape index (κ3) is 3.01. The van der Waals surface area contributed by atoms with E-state index in [1.807, 2.05) is 0 Å². The van der Waals surface area contributed by atoms with Gasteiger partial charge in [-0.25, -0.2) is 17.9 Å². The molecular weight excluding hydrogens is 282 g/mol. The Morgan fingerprint density at radius 1 is 1.40 bits per heavy atom. The summed E-state index contributed by atoms with van der Waals surface area (Å²) in [6.45, 7) is 4.26. The normalized spacial score (nSPS) is 27.4. The van der Waals surface area contributed by atoms with Crippen LogP contribution in [0.3, 0.4) is 0 Å². The minimum atomic E-state index is -3.88. The largest absolute Gasteiger partial charge is 0.478 e. The quantitative estimate of drug-likeness (QED) is 0.774. The molecule has 0 saturated heterocycles. The number of rotatable bonds is 4. The summed E-state index contributed by atoms with van der Waals surface area (Å²) in [5, 5.41) is 14.3. The minimum absolute atomic E-state index is 0.156. The summed E-state index contributed by atoms with van der Waals surface area (Å²) >= 11 is 0. The number of hydrogen-bond donors (Lipinski definition) is 3. The number of carboxylic acids is 1. The topological polar surface area (TPSA) is 112 Å². The second-order valence-corrected chi connectivity index (χ2v) is 7.15. The second kappa shape index (κ2) is 5.53. The van der Waals surface area contributed by atoms with Crippen LogP contribution in [0.15, 0.2) is 11.2 Å². The van der Waals surface area contributed by atoms with Gasteiger partial charge in [-0.2, -0.15) is 5.10 Å². The molecule has 0 aromatic carbocycles. The molecule has 3 atom stereocenters. The average Bonchev–Trinajstić information content (AvgIpc) is 2.83. The van der Waals surface area contributed by atoms with Crippen molar-refractivity contribution in [3.63, 3.8) is 0 Å². The van der Waals surface area contributed by atoms with Crippen LogP contribution in [0.4, 0.5) is 0 Å². The van der Waals surface area contributed by atoms with Crippen LogP contribution in [0.1, 0.15) is 43.5 Å². The predicted octanol–water partition coefficient (Wildman–Crippen LogP) is 1.21. The first kappa shape index (κ1) is 15.0.